The van der Waals surface area contributed by atoms with Crippen LogP contribution in [0.1, 0.15) is 33.6 Å². The molecule has 214 valence electrons. The SMILES string of the molecule is O=C1CCC(N2C(=O)c3cccc(NC(=O)COCCOCCOCCOCCOCCO)c3C2=O)C(=O)N1. The minimum atomic E-state index is -1.09. The molecule has 1 fully saturated rings. The number of ether oxygens (including phenoxy) is 5. The molecule has 2 heterocycles. The van der Waals surface area contributed by atoms with E-state index in [0.29, 0.717) is 39.6 Å². The van der Waals surface area contributed by atoms with Crippen LogP contribution in [-0.2, 0) is 38.1 Å². The first-order valence-corrected chi connectivity index (χ1v) is 12.6. The monoisotopic (exact) mass is 551 g/mol. The molecule has 14 heteroatoms. The third kappa shape index (κ3) is 8.88. The number of carbonyl (C=O) groups is 5. The average molecular weight is 552 g/mol. The van der Waals surface area contributed by atoms with E-state index in [1.165, 1.54) is 18.2 Å². The van der Waals surface area contributed by atoms with Gasteiger partial charge in [0.2, 0.25) is 17.7 Å². The van der Waals surface area contributed by atoms with Gasteiger partial charge in [0.15, 0.2) is 0 Å². The first-order valence-electron chi connectivity index (χ1n) is 12.6. The van der Waals surface area contributed by atoms with E-state index in [4.69, 9.17) is 28.8 Å². The Hall–Kier alpha value is -3.27. The summed E-state index contributed by atoms with van der Waals surface area (Å²) in [7, 11) is 0. The molecule has 1 aromatic rings. The number of aliphatic hydroxyl groups excluding tert-OH is 1. The summed E-state index contributed by atoms with van der Waals surface area (Å²) in [5.41, 5.74) is 0.186. The van der Waals surface area contributed by atoms with Crippen molar-refractivity contribution in [2.24, 2.45) is 0 Å². The van der Waals surface area contributed by atoms with E-state index in [2.05, 4.69) is 10.6 Å². The van der Waals surface area contributed by atoms with Gasteiger partial charge in [-0.25, -0.2) is 0 Å². The van der Waals surface area contributed by atoms with Crippen molar-refractivity contribution in [1.82, 2.24) is 10.2 Å². The van der Waals surface area contributed by atoms with Crippen LogP contribution in [0.4, 0.5) is 5.69 Å². The third-order valence-corrected chi connectivity index (χ3v) is 5.70. The molecule has 0 saturated carbocycles. The fourth-order valence-electron chi connectivity index (χ4n) is 3.91. The predicted octanol–water partition coefficient (Wildman–Crippen LogP) is -0.898. The number of carbonyl (C=O) groups excluding carboxylic acids is 5. The summed E-state index contributed by atoms with van der Waals surface area (Å²) in [5, 5.41) is 13.3. The first-order chi connectivity index (χ1) is 18.9. The highest BCUT2D eigenvalue weighted by Gasteiger charge is 2.45. The van der Waals surface area contributed by atoms with Gasteiger partial charge in [-0.15, -0.1) is 0 Å². The van der Waals surface area contributed by atoms with Gasteiger partial charge in [-0.05, 0) is 18.6 Å². The number of nitrogens with zero attached hydrogens (tertiary/aromatic N) is 1. The highest BCUT2D eigenvalue weighted by atomic mass is 16.6. The van der Waals surface area contributed by atoms with Crippen molar-refractivity contribution in [2.75, 3.05) is 78.0 Å². The number of imide groups is 2. The van der Waals surface area contributed by atoms with E-state index in [1.807, 2.05) is 0 Å². The Kier molecular flexibility index (Phi) is 12.4. The zero-order chi connectivity index (χ0) is 28.0. The maximum atomic E-state index is 13.1. The molecule has 2 aliphatic heterocycles. The number of anilines is 1. The topological polar surface area (TPSA) is 179 Å². The molecule has 3 rings (SSSR count). The second-order valence-corrected chi connectivity index (χ2v) is 8.45. The summed E-state index contributed by atoms with van der Waals surface area (Å²) < 4.78 is 26.4. The van der Waals surface area contributed by atoms with Gasteiger partial charge >= 0.3 is 0 Å². The summed E-state index contributed by atoms with van der Waals surface area (Å²) >= 11 is 0. The Morgan fingerprint density at radius 2 is 1.46 bits per heavy atom. The quantitative estimate of drug-likeness (QED) is 0.152. The van der Waals surface area contributed by atoms with Crippen molar-refractivity contribution < 1.29 is 52.8 Å². The number of fused-ring (bicyclic) bond motifs is 1. The lowest BCUT2D eigenvalue weighted by Crippen LogP contribution is -2.54. The lowest BCUT2D eigenvalue weighted by molar-refractivity contribution is -0.136. The zero-order valence-electron chi connectivity index (χ0n) is 21.5. The fourth-order valence-corrected chi connectivity index (χ4v) is 3.91. The first kappa shape index (κ1) is 30.3. The van der Waals surface area contributed by atoms with Gasteiger partial charge in [-0.1, -0.05) is 6.07 Å². The van der Waals surface area contributed by atoms with E-state index in [0.717, 1.165) is 4.90 Å². The number of nitrogens with one attached hydrogen (secondary N) is 2. The Labute approximate surface area is 224 Å². The second kappa shape index (κ2) is 16.0. The van der Waals surface area contributed by atoms with Gasteiger partial charge in [0.25, 0.3) is 11.8 Å². The fraction of sp³-hybridized carbons (Fsp3) is 0.560. The van der Waals surface area contributed by atoms with Gasteiger partial charge in [-0.3, -0.25) is 34.2 Å². The standard InChI is InChI=1S/C25H33N3O11/c29-6-7-35-8-9-36-10-11-37-12-13-38-14-15-39-16-21(31)26-18-3-1-2-17-22(18)25(34)28(24(17)33)19-4-5-20(30)27-23(19)32/h1-3,19,29H,4-16H2,(H,26,31)(H,27,30,32). The van der Waals surface area contributed by atoms with Crippen molar-refractivity contribution in [3.63, 3.8) is 0 Å². The molecule has 3 N–H and O–H groups in total. The number of aliphatic hydroxyl groups is 1. The summed E-state index contributed by atoms with van der Waals surface area (Å²) in [6.45, 7) is 2.72. The van der Waals surface area contributed by atoms with Crippen LogP contribution in [0.5, 0.6) is 0 Å². The van der Waals surface area contributed by atoms with E-state index in [-0.39, 0.29) is 62.7 Å². The smallest absolute Gasteiger partial charge is 0.264 e. The molecule has 1 saturated heterocycles. The minimum absolute atomic E-state index is 0.00989. The van der Waals surface area contributed by atoms with Crippen molar-refractivity contribution in [3.05, 3.63) is 29.3 Å². The van der Waals surface area contributed by atoms with Crippen LogP contribution in [0, 0.1) is 0 Å². The average Bonchev–Trinajstić information content (AvgIpc) is 3.17. The highest BCUT2D eigenvalue weighted by Crippen LogP contribution is 2.32. The zero-order valence-corrected chi connectivity index (χ0v) is 21.5. The van der Waals surface area contributed by atoms with Crippen molar-refractivity contribution in [1.29, 1.82) is 0 Å². The minimum Gasteiger partial charge on any atom is -0.394 e. The maximum Gasteiger partial charge on any atom is 0.264 e. The summed E-state index contributed by atoms with van der Waals surface area (Å²) in [6.07, 6.45) is 0.0524. The molecule has 0 bridgehead atoms. The summed E-state index contributed by atoms with van der Waals surface area (Å²) in [4.78, 5) is 62.8. The van der Waals surface area contributed by atoms with Crippen LogP contribution >= 0.6 is 0 Å². The van der Waals surface area contributed by atoms with Crippen molar-refractivity contribution in [3.8, 4) is 0 Å². The Morgan fingerprint density at radius 1 is 0.872 bits per heavy atom. The summed E-state index contributed by atoms with van der Waals surface area (Å²) in [6, 6.07) is 3.35. The lowest BCUT2D eigenvalue weighted by atomic mass is 10.0. The largest absolute Gasteiger partial charge is 0.394 e. The molecule has 1 atom stereocenters. The van der Waals surface area contributed by atoms with E-state index in [1.54, 1.807) is 0 Å². The molecule has 2 aliphatic rings. The number of hydrogen-bond donors (Lipinski definition) is 3. The van der Waals surface area contributed by atoms with E-state index in [9.17, 15) is 24.0 Å². The predicted molar refractivity (Wildman–Crippen MR) is 133 cm³/mol. The number of amides is 5. The molecule has 1 aromatic carbocycles. The Balaban J connectivity index is 1.31. The summed E-state index contributed by atoms with van der Waals surface area (Å²) in [5.74, 6) is -3.07. The lowest BCUT2D eigenvalue weighted by Gasteiger charge is -2.27. The van der Waals surface area contributed by atoms with E-state index >= 15 is 0 Å². The van der Waals surface area contributed by atoms with E-state index < -0.39 is 35.6 Å². The Morgan fingerprint density at radius 3 is 2.05 bits per heavy atom. The van der Waals surface area contributed by atoms with Gasteiger partial charge in [-0.2, -0.15) is 0 Å². The molecule has 0 radical (unpaired) electrons. The molecule has 0 aromatic heterocycles. The van der Waals surface area contributed by atoms with Crippen molar-refractivity contribution in [2.45, 2.75) is 18.9 Å². The van der Waals surface area contributed by atoms with Gasteiger partial charge in [0.05, 0.1) is 82.9 Å². The molecule has 0 aliphatic carbocycles. The molecule has 14 nitrogen and oxygen atoms in total. The van der Waals surface area contributed by atoms with Gasteiger partial charge in [0.1, 0.15) is 12.6 Å². The number of piperidine rings is 1. The number of hydrogen-bond acceptors (Lipinski definition) is 11. The van der Waals surface area contributed by atoms with Crippen LogP contribution in [-0.4, -0.2) is 118 Å². The molecule has 0 spiro atoms. The Bertz CT molecular complexity index is 1030. The molecular formula is C25H33N3O11. The highest BCUT2D eigenvalue weighted by molar-refractivity contribution is 6.26. The molecule has 5 amide bonds. The number of benzene rings is 1. The van der Waals surface area contributed by atoms with Crippen LogP contribution in [0.3, 0.4) is 0 Å². The second-order valence-electron chi connectivity index (χ2n) is 8.45. The van der Waals surface area contributed by atoms with Crippen LogP contribution in [0.2, 0.25) is 0 Å². The maximum absolute atomic E-state index is 13.1. The van der Waals surface area contributed by atoms with Crippen LogP contribution < -0.4 is 10.6 Å². The van der Waals surface area contributed by atoms with Gasteiger partial charge < -0.3 is 34.1 Å². The van der Waals surface area contributed by atoms with Crippen LogP contribution in [0.15, 0.2) is 18.2 Å². The third-order valence-electron chi connectivity index (χ3n) is 5.70. The van der Waals surface area contributed by atoms with Crippen LogP contribution in [0.25, 0.3) is 0 Å². The molecule has 39 heavy (non-hydrogen) atoms. The molecule has 1 unspecified atom stereocenters. The normalized spacial score (nSPS) is 16.9. The number of rotatable bonds is 18. The van der Waals surface area contributed by atoms with Crippen molar-refractivity contribution >= 4 is 35.2 Å². The van der Waals surface area contributed by atoms with Gasteiger partial charge in [0, 0.05) is 6.42 Å². The molecular weight excluding hydrogens is 518 g/mol.